The molecule has 3 nitrogen and oxygen atoms in total. The molecular weight excluding hydrogens is 248 g/mol. The van der Waals surface area contributed by atoms with Crippen LogP contribution in [0.4, 0.5) is 0 Å². The average molecular weight is 263 g/mol. The molecule has 0 amide bonds. The van der Waals surface area contributed by atoms with Crippen molar-refractivity contribution in [1.82, 2.24) is 9.78 Å². The molecule has 2 rings (SSSR count). The lowest BCUT2D eigenvalue weighted by molar-refractivity contribution is 0.102. The van der Waals surface area contributed by atoms with E-state index in [1.54, 1.807) is 4.68 Å². The second-order valence-electron chi connectivity index (χ2n) is 4.04. The van der Waals surface area contributed by atoms with E-state index < -0.39 is 0 Å². The fraction of sp³-hybridized carbons (Fsp3) is 0.286. The average Bonchev–Trinajstić information content (AvgIpc) is 2.79. The molecule has 0 aliphatic heterocycles. The first-order valence-corrected chi connectivity index (χ1v) is 6.40. The first-order valence-electron chi connectivity index (χ1n) is 6.02. The highest BCUT2D eigenvalue weighted by molar-refractivity contribution is 6.34. The Morgan fingerprint density at radius 3 is 2.50 bits per heavy atom. The number of carbonyl (C=O) groups excluding carboxylic acids is 1. The number of carbonyl (C=O) groups is 1. The Hall–Kier alpha value is -1.61. The lowest BCUT2D eigenvalue weighted by Gasteiger charge is -2.05. The van der Waals surface area contributed by atoms with Crippen molar-refractivity contribution in [3.8, 4) is 0 Å². The fourth-order valence-electron chi connectivity index (χ4n) is 1.86. The van der Waals surface area contributed by atoms with Crippen LogP contribution in [0.1, 0.15) is 35.5 Å². The van der Waals surface area contributed by atoms with E-state index in [2.05, 4.69) is 12.0 Å². The molecule has 94 valence electrons. The van der Waals surface area contributed by atoms with E-state index in [1.165, 1.54) is 11.8 Å². The van der Waals surface area contributed by atoms with E-state index >= 15 is 0 Å². The molecule has 1 aromatic carbocycles. The molecule has 0 unspecified atom stereocenters. The van der Waals surface area contributed by atoms with Gasteiger partial charge < -0.3 is 0 Å². The van der Waals surface area contributed by atoms with Crippen LogP contribution in [-0.4, -0.2) is 15.6 Å². The Balaban J connectivity index is 2.38. The van der Waals surface area contributed by atoms with Crippen LogP contribution < -0.4 is 0 Å². The summed E-state index contributed by atoms with van der Waals surface area (Å²) in [6.45, 7) is 4.64. The Morgan fingerprint density at radius 2 is 1.94 bits per heavy atom. The Bertz CT molecular complexity index is 558. The number of rotatable bonds is 4. The molecule has 0 aliphatic rings. The Morgan fingerprint density at radius 1 is 1.28 bits per heavy atom. The normalized spacial score (nSPS) is 10.6. The number of aryl methyl sites for hydroxylation is 2. The van der Waals surface area contributed by atoms with Crippen molar-refractivity contribution in [2.75, 3.05) is 0 Å². The summed E-state index contributed by atoms with van der Waals surface area (Å²) in [4.78, 5) is 12.4. The van der Waals surface area contributed by atoms with Crippen LogP contribution in [0, 0.1) is 0 Å². The molecule has 0 N–H and O–H groups in total. The highest BCUT2D eigenvalue weighted by atomic mass is 35.5. The molecule has 0 aliphatic carbocycles. The van der Waals surface area contributed by atoms with Gasteiger partial charge in [0.1, 0.15) is 5.69 Å². The molecule has 0 saturated carbocycles. The maximum absolute atomic E-state index is 12.4. The van der Waals surface area contributed by atoms with Gasteiger partial charge in [-0.15, -0.1) is 0 Å². The summed E-state index contributed by atoms with van der Waals surface area (Å²) in [6.07, 6.45) is 2.47. The second-order valence-corrected chi connectivity index (χ2v) is 4.44. The van der Waals surface area contributed by atoms with Gasteiger partial charge in [-0.2, -0.15) is 5.10 Å². The predicted octanol–water partition coefficient (Wildman–Crippen LogP) is 3.35. The molecule has 4 heteroatoms. The lowest BCUT2D eigenvalue weighted by Crippen LogP contribution is -2.11. The van der Waals surface area contributed by atoms with Gasteiger partial charge in [0, 0.05) is 12.1 Å². The third-order valence-corrected chi connectivity index (χ3v) is 3.21. The van der Waals surface area contributed by atoms with Gasteiger partial charge in [-0.3, -0.25) is 9.48 Å². The van der Waals surface area contributed by atoms with Crippen molar-refractivity contribution in [2.24, 2.45) is 0 Å². The van der Waals surface area contributed by atoms with Gasteiger partial charge in [-0.25, -0.2) is 0 Å². The largest absolute Gasteiger partial charge is 0.287 e. The van der Waals surface area contributed by atoms with Crippen LogP contribution >= 0.6 is 11.6 Å². The van der Waals surface area contributed by atoms with Gasteiger partial charge in [0.15, 0.2) is 0 Å². The van der Waals surface area contributed by atoms with E-state index in [0.29, 0.717) is 22.8 Å². The molecule has 2 aromatic rings. The van der Waals surface area contributed by atoms with Gasteiger partial charge >= 0.3 is 0 Å². The molecule has 0 fully saturated rings. The predicted molar refractivity (Wildman–Crippen MR) is 72.2 cm³/mol. The van der Waals surface area contributed by atoms with E-state index in [-0.39, 0.29) is 5.78 Å². The number of ketones is 1. The van der Waals surface area contributed by atoms with Crippen molar-refractivity contribution in [1.29, 1.82) is 0 Å². The summed E-state index contributed by atoms with van der Waals surface area (Å²) in [5.41, 5.74) is 2.31. The number of hydrogen-bond donors (Lipinski definition) is 0. The quantitative estimate of drug-likeness (QED) is 0.792. The molecular formula is C14H15ClN2O. The summed E-state index contributed by atoms with van der Waals surface area (Å²) >= 11 is 6.02. The van der Waals surface area contributed by atoms with Crippen LogP contribution in [0.5, 0.6) is 0 Å². The smallest absolute Gasteiger partial charge is 0.212 e. The van der Waals surface area contributed by atoms with Crippen LogP contribution in [0.2, 0.25) is 5.02 Å². The zero-order chi connectivity index (χ0) is 13.1. The van der Waals surface area contributed by atoms with Crippen molar-refractivity contribution < 1.29 is 4.79 Å². The topological polar surface area (TPSA) is 34.9 Å². The fourth-order valence-corrected chi connectivity index (χ4v) is 2.08. The second kappa shape index (κ2) is 5.36. The van der Waals surface area contributed by atoms with Crippen molar-refractivity contribution >= 4 is 17.4 Å². The molecule has 1 aromatic heterocycles. The van der Waals surface area contributed by atoms with Gasteiger partial charge in [0.05, 0.1) is 11.2 Å². The number of halogens is 1. The van der Waals surface area contributed by atoms with Gasteiger partial charge in [-0.1, -0.05) is 42.8 Å². The third-order valence-electron chi connectivity index (χ3n) is 2.93. The van der Waals surface area contributed by atoms with Crippen LogP contribution in [0.3, 0.4) is 0 Å². The molecule has 0 bridgehead atoms. The summed E-state index contributed by atoms with van der Waals surface area (Å²) in [5.74, 6) is -0.0815. The van der Waals surface area contributed by atoms with Crippen LogP contribution in [0.25, 0.3) is 0 Å². The summed E-state index contributed by atoms with van der Waals surface area (Å²) < 4.78 is 1.62. The zero-order valence-electron chi connectivity index (χ0n) is 10.5. The van der Waals surface area contributed by atoms with Crippen molar-refractivity contribution in [2.45, 2.75) is 26.8 Å². The standard InChI is InChI=1S/C14H15ClN2O/c1-3-10-5-7-11(8-6-10)14(18)13-12(15)9-16-17(13)4-2/h5-9H,3-4H2,1-2H3. The van der Waals surface area contributed by atoms with Gasteiger partial charge in [-0.05, 0) is 18.9 Å². The lowest BCUT2D eigenvalue weighted by atomic mass is 10.0. The first-order chi connectivity index (χ1) is 8.67. The van der Waals surface area contributed by atoms with E-state index in [1.807, 2.05) is 31.2 Å². The minimum atomic E-state index is -0.0815. The number of benzene rings is 1. The van der Waals surface area contributed by atoms with Gasteiger partial charge in [0.2, 0.25) is 5.78 Å². The molecule has 0 spiro atoms. The summed E-state index contributed by atoms with van der Waals surface area (Å²) in [6, 6.07) is 7.61. The number of aromatic nitrogens is 2. The minimum Gasteiger partial charge on any atom is -0.287 e. The maximum atomic E-state index is 12.4. The Kier molecular flexibility index (Phi) is 3.82. The molecule has 0 saturated heterocycles. The maximum Gasteiger partial charge on any atom is 0.212 e. The first kappa shape index (κ1) is 12.8. The molecule has 0 radical (unpaired) electrons. The SMILES string of the molecule is CCc1ccc(C(=O)c2c(Cl)cnn2CC)cc1. The molecule has 0 atom stereocenters. The number of nitrogens with zero attached hydrogens (tertiary/aromatic N) is 2. The minimum absolute atomic E-state index is 0.0815. The third kappa shape index (κ3) is 2.31. The van der Waals surface area contributed by atoms with Crippen LogP contribution in [0.15, 0.2) is 30.5 Å². The van der Waals surface area contributed by atoms with E-state index in [4.69, 9.17) is 11.6 Å². The molecule has 1 heterocycles. The van der Waals surface area contributed by atoms with Crippen molar-refractivity contribution in [3.63, 3.8) is 0 Å². The van der Waals surface area contributed by atoms with E-state index in [0.717, 1.165) is 6.42 Å². The van der Waals surface area contributed by atoms with Crippen molar-refractivity contribution in [3.05, 3.63) is 52.3 Å². The van der Waals surface area contributed by atoms with E-state index in [9.17, 15) is 4.79 Å². The summed E-state index contributed by atoms with van der Waals surface area (Å²) in [7, 11) is 0. The zero-order valence-corrected chi connectivity index (χ0v) is 11.2. The highest BCUT2D eigenvalue weighted by Crippen LogP contribution is 2.19. The number of hydrogen-bond acceptors (Lipinski definition) is 2. The molecule has 18 heavy (non-hydrogen) atoms. The van der Waals surface area contributed by atoms with Crippen LogP contribution in [-0.2, 0) is 13.0 Å². The van der Waals surface area contributed by atoms with Gasteiger partial charge in [0.25, 0.3) is 0 Å². The highest BCUT2D eigenvalue weighted by Gasteiger charge is 2.18. The monoisotopic (exact) mass is 262 g/mol. The summed E-state index contributed by atoms with van der Waals surface area (Å²) in [5, 5.41) is 4.48. The Labute approximate surface area is 111 Å².